The molecule has 1 N–H and O–H groups in total. The van der Waals surface area contributed by atoms with E-state index in [0.29, 0.717) is 0 Å². The van der Waals surface area contributed by atoms with Gasteiger partial charge in [0.25, 0.3) is 0 Å². The lowest BCUT2D eigenvalue weighted by Gasteiger charge is -2.21. The molecule has 0 spiro atoms. The number of benzene rings is 11. The van der Waals surface area contributed by atoms with Gasteiger partial charge in [0.05, 0.1) is 13.2 Å². The molecule has 3 heterocycles. The highest BCUT2D eigenvalue weighted by molar-refractivity contribution is 6.00. The summed E-state index contributed by atoms with van der Waals surface area (Å²) in [7, 11) is 0. The van der Waals surface area contributed by atoms with Crippen LogP contribution >= 0.6 is 0 Å². The van der Waals surface area contributed by atoms with Crippen LogP contribution in [0.25, 0.3) is 56.7 Å². The average Bonchev–Trinajstić information content (AvgIpc) is 1.64. The Kier molecular flexibility index (Phi) is 26.9. The molecule has 11 aromatic rings. The van der Waals surface area contributed by atoms with Crippen molar-refractivity contribution in [1.29, 1.82) is 0 Å². The van der Waals surface area contributed by atoms with Crippen molar-refractivity contribution in [3.05, 3.63) is 443 Å². The second-order valence-corrected chi connectivity index (χ2v) is 28.7. The molecule has 3 nitrogen and oxygen atoms in total. The van der Waals surface area contributed by atoms with Crippen molar-refractivity contribution in [3.63, 3.8) is 0 Å². The van der Waals surface area contributed by atoms with Crippen molar-refractivity contribution in [2.24, 2.45) is 0 Å². The molecular weight excluding hydrogens is 1310 g/mol. The molecule has 3 aliphatic heterocycles. The second kappa shape index (κ2) is 38.2. The van der Waals surface area contributed by atoms with Gasteiger partial charge < -0.3 is 14.8 Å². The smallest absolute Gasteiger partial charge is 0.135 e. The molecule has 0 unspecified atom stereocenters. The molecular formula is C105H103NO2. The zero-order valence-corrected chi connectivity index (χ0v) is 63.2. The summed E-state index contributed by atoms with van der Waals surface area (Å²) in [6, 6.07) is 92.4. The normalized spacial score (nSPS) is 15.2. The minimum Gasteiger partial charge on any atom is -0.456 e. The van der Waals surface area contributed by atoms with Gasteiger partial charge in [-0.15, -0.1) is 0 Å². The minimum absolute atomic E-state index is 0.888. The van der Waals surface area contributed by atoms with Crippen molar-refractivity contribution in [2.45, 2.75) is 96.3 Å². The number of ether oxygens (including phenoxy) is 2. The summed E-state index contributed by atoms with van der Waals surface area (Å²) in [4.78, 5) is 0. The summed E-state index contributed by atoms with van der Waals surface area (Å²) in [5, 5.41) is 3.25. The molecule has 11 aromatic carbocycles. The Labute approximate surface area is 644 Å². The van der Waals surface area contributed by atoms with Gasteiger partial charge in [0.2, 0.25) is 0 Å². The number of allylic oxidation sites excluding steroid dienone is 2. The van der Waals surface area contributed by atoms with Gasteiger partial charge in [-0.1, -0.05) is 349 Å². The molecule has 0 atom stereocenters. The van der Waals surface area contributed by atoms with Crippen LogP contribution in [-0.2, 0) is 30.4 Å². The lowest BCUT2D eigenvalue weighted by atomic mass is 9.83. The van der Waals surface area contributed by atoms with Crippen molar-refractivity contribution >= 4 is 45.6 Å². The van der Waals surface area contributed by atoms with E-state index < -0.39 is 0 Å². The number of fused-ring (bicyclic) bond motifs is 12. The van der Waals surface area contributed by atoms with E-state index in [2.05, 4.69) is 295 Å². The van der Waals surface area contributed by atoms with E-state index >= 15 is 0 Å². The maximum Gasteiger partial charge on any atom is 0.135 e. The molecule has 0 radical (unpaired) electrons. The SMILES string of the molecule is C=C1CCCCC1.C=C1CCCc2ccccc21.C=C1CCNCC1.C=C1CCOCC1.C=C1c2ccccc2-c2ccccc21.C=C1c2ccccc2C=Cc2ccccc21.C=C1c2ccccc2CCc2ccccc21.C=C1c2ccccc2Cc2ccccc21.C=C1c2ccccc2Oc2ccccc21. The zero-order chi connectivity index (χ0) is 75.0. The molecule has 1 saturated carbocycles. The van der Waals surface area contributed by atoms with Gasteiger partial charge in [0.15, 0.2) is 0 Å². The maximum atomic E-state index is 5.79. The first kappa shape index (κ1) is 76.2. The molecule has 3 heteroatoms. The van der Waals surface area contributed by atoms with Gasteiger partial charge >= 0.3 is 0 Å². The zero-order valence-electron chi connectivity index (χ0n) is 63.2. The molecule has 108 heavy (non-hydrogen) atoms. The van der Waals surface area contributed by atoms with Gasteiger partial charge in [0.1, 0.15) is 11.5 Å². The number of para-hydroxylation sites is 2. The fourth-order valence-electron chi connectivity index (χ4n) is 15.1. The standard InChI is InChI=1S/C16H14.C16H12.C15H12.C14H10O.C14H10.C11H12.C7H12.C6H11N.C6H10O/c2*1-12-15-8-4-2-6-13(15)10-11-14-7-3-5-9-16(12)14;1-11-14-8-4-2-6-12(14)10-13-7-3-5-9-15(11)13;1-10-11-6-2-4-8-13(11)15-14-9-5-3-7-12(10)14;1-10-11-6-2-4-8-13(11)14-9-5-3-7-12(10)14;1-9-5-4-7-10-6-2-3-8-11(9)10;1-7-5-3-2-4-6-7;2*1-6-2-4-7-5-3-6/h2-9H,1,10-11H2;2-11H,1H2;2-9H,1,10H2;2-9H,1H2;2-9H,1H2;2-3,6,8H,1,4-5,7H2;1-6H2;7H,1-5H2;1-5H2. The fraction of sp³-hybridized carbons (Fsp3) is 0.181. The van der Waals surface area contributed by atoms with Crippen LogP contribution in [0.3, 0.4) is 0 Å². The average molecular weight is 1410 g/mol. The quantitative estimate of drug-likeness (QED) is 0.154. The Morgan fingerprint density at radius 1 is 0.231 bits per heavy atom. The summed E-state index contributed by atoms with van der Waals surface area (Å²) >= 11 is 0. The highest BCUT2D eigenvalue weighted by atomic mass is 16.5. The maximum absolute atomic E-state index is 5.79. The number of piperidine rings is 1. The number of rotatable bonds is 0. The highest BCUT2D eigenvalue weighted by Gasteiger charge is 2.23. The van der Waals surface area contributed by atoms with Gasteiger partial charge in [0, 0.05) is 11.1 Å². The van der Waals surface area contributed by atoms with Gasteiger partial charge in [-0.05, 0) is 249 Å². The Morgan fingerprint density at radius 2 is 0.546 bits per heavy atom. The van der Waals surface area contributed by atoms with Crippen molar-refractivity contribution in [3.8, 4) is 22.6 Å². The molecule has 0 aromatic heterocycles. The van der Waals surface area contributed by atoms with Crippen LogP contribution in [0.15, 0.2) is 343 Å². The lowest BCUT2D eigenvalue weighted by molar-refractivity contribution is 0.119. The number of nitrogens with one attached hydrogen (secondary N) is 1. The van der Waals surface area contributed by atoms with E-state index in [1.54, 1.807) is 0 Å². The van der Waals surface area contributed by atoms with Crippen LogP contribution in [-0.4, -0.2) is 26.3 Å². The Hall–Kier alpha value is -11.5. The summed E-state index contributed by atoms with van der Waals surface area (Å²) in [5.41, 5.74) is 37.1. The van der Waals surface area contributed by atoms with Crippen LogP contribution in [0.4, 0.5) is 0 Å². The molecule has 0 amide bonds. The topological polar surface area (TPSA) is 30.5 Å². The largest absolute Gasteiger partial charge is 0.456 e. The van der Waals surface area contributed by atoms with Crippen molar-refractivity contribution < 1.29 is 9.47 Å². The summed E-state index contributed by atoms with van der Waals surface area (Å²) < 4.78 is 10.9. The monoisotopic (exact) mass is 1410 g/mol. The third-order valence-corrected chi connectivity index (χ3v) is 21.3. The molecule has 20 rings (SSSR count). The molecule has 9 aliphatic rings. The van der Waals surface area contributed by atoms with Crippen LogP contribution in [0.5, 0.6) is 11.5 Å². The minimum atomic E-state index is 0.888. The predicted octanol–water partition coefficient (Wildman–Crippen LogP) is 27.1. The second-order valence-electron chi connectivity index (χ2n) is 28.7. The van der Waals surface area contributed by atoms with E-state index in [-0.39, 0.29) is 0 Å². The summed E-state index contributed by atoms with van der Waals surface area (Å²) in [6.45, 7) is 40.7. The predicted molar refractivity (Wildman–Crippen MR) is 464 cm³/mol. The third-order valence-electron chi connectivity index (χ3n) is 21.3. The number of aryl methyl sites for hydroxylation is 3. The van der Waals surface area contributed by atoms with Crippen LogP contribution in [0, 0.1) is 0 Å². The Bertz CT molecular complexity index is 4710. The van der Waals surface area contributed by atoms with Crippen LogP contribution in [0.2, 0.25) is 0 Å². The van der Waals surface area contributed by atoms with Gasteiger partial charge in [-0.3, -0.25) is 0 Å². The first-order valence-corrected chi connectivity index (χ1v) is 38.6. The molecule has 540 valence electrons. The summed E-state index contributed by atoms with van der Waals surface area (Å²) in [5.74, 6) is 1.78. The highest BCUT2D eigenvalue weighted by Crippen LogP contribution is 2.44. The third kappa shape index (κ3) is 19.6. The number of hydrogen-bond donors (Lipinski definition) is 1. The van der Waals surface area contributed by atoms with E-state index in [1.165, 1.54) is 192 Å². The Balaban J connectivity index is 0.000000115. The van der Waals surface area contributed by atoms with Crippen LogP contribution in [0.1, 0.15) is 171 Å². The van der Waals surface area contributed by atoms with Gasteiger partial charge in [-0.25, -0.2) is 0 Å². The molecule has 3 fully saturated rings. The van der Waals surface area contributed by atoms with Crippen LogP contribution < -0.4 is 10.1 Å². The molecule has 6 aliphatic carbocycles. The van der Waals surface area contributed by atoms with E-state index in [1.807, 2.05) is 48.5 Å². The number of hydrogen-bond acceptors (Lipinski definition) is 3. The molecule has 2 saturated heterocycles. The van der Waals surface area contributed by atoms with E-state index in [9.17, 15) is 0 Å². The van der Waals surface area contributed by atoms with Gasteiger partial charge in [-0.2, -0.15) is 0 Å². The van der Waals surface area contributed by atoms with E-state index in [4.69, 9.17) is 9.47 Å². The first-order valence-electron chi connectivity index (χ1n) is 38.6. The van der Waals surface area contributed by atoms with E-state index in [0.717, 1.165) is 103 Å². The van der Waals surface area contributed by atoms with Crippen molar-refractivity contribution in [1.82, 2.24) is 5.32 Å². The lowest BCUT2D eigenvalue weighted by Crippen LogP contribution is -2.22. The summed E-state index contributed by atoms with van der Waals surface area (Å²) in [6.07, 6.45) is 22.6. The first-order chi connectivity index (χ1) is 52.9. The Morgan fingerprint density at radius 3 is 0.944 bits per heavy atom. The van der Waals surface area contributed by atoms with Crippen molar-refractivity contribution in [2.75, 3.05) is 26.3 Å². The fourth-order valence-corrected chi connectivity index (χ4v) is 15.1. The molecule has 0 bridgehead atoms.